The van der Waals surface area contributed by atoms with Gasteiger partial charge in [-0.05, 0) is 18.6 Å². The summed E-state index contributed by atoms with van der Waals surface area (Å²) in [6.07, 6.45) is -0.284. The molecule has 1 saturated heterocycles. The fourth-order valence-corrected chi connectivity index (χ4v) is 1.75. The first-order valence-corrected chi connectivity index (χ1v) is 4.96. The third kappa shape index (κ3) is 1.80. The van der Waals surface area contributed by atoms with Crippen LogP contribution in [0.4, 0.5) is 10.5 Å². The van der Waals surface area contributed by atoms with E-state index in [0.29, 0.717) is 19.7 Å². The molecule has 15 heavy (non-hydrogen) atoms. The Bertz CT molecular complexity index is 390. The Balaban J connectivity index is 2.38. The number of hydrogen-bond acceptors (Lipinski definition) is 3. The van der Waals surface area contributed by atoms with Crippen molar-refractivity contribution < 1.29 is 9.53 Å². The summed E-state index contributed by atoms with van der Waals surface area (Å²) in [6, 6.07) is 5.89. The van der Waals surface area contributed by atoms with Gasteiger partial charge >= 0.3 is 6.09 Å². The molecule has 0 bridgehead atoms. The second kappa shape index (κ2) is 3.90. The zero-order valence-electron chi connectivity index (χ0n) is 8.69. The van der Waals surface area contributed by atoms with Gasteiger partial charge in [0, 0.05) is 6.54 Å². The van der Waals surface area contributed by atoms with Crippen LogP contribution in [0.5, 0.6) is 0 Å². The molecule has 0 aromatic heterocycles. The van der Waals surface area contributed by atoms with E-state index in [0.717, 1.165) is 16.8 Å². The lowest BCUT2D eigenvalue weighted by Gasteiger charge is -2.16. The van der Waals surface area contributed by atoms with Crippen molar-refractivity contribution in [3.63, 3.8) is 0 Å². The molecule has 0 spiro atoms. The number of ether oxygens (including phenoxy) is 1. The summed E-state index contributed by atoms with van der Waals surface area (Å²) in [5.74, 6) is 0. The number of nitrogens with two attached hydrogens (primary N) is 1. The van der Waals surface area contributed by atoms with Crippen LogP contribution in [0.2, 0.25) is 0 Å². The number of hydrogen-bond donors (Lipinski definition) is 1. The minimum Gasteiger partial charge on any atom is -0.447 e. The van der Waals surface area contributed by atoms with Crippen molar-refractivity contribution in [2.24, 2.45) is 5.73 Å². The molecule has 0 unspecified atom stereocenters. The van der Waals surface area contributed by atoms with Crippen LogP contribution in [0.25, 0.3) is 0 Å². The highest BCUT2D eigenvalue weighted by Crippen LogP contribution is 2.24. The van der Waals surface area contributed by atoms with E-state index >= 15 is 0 Å². The molecule has 0 aliphatic carbocycles. The average Bonchev–Trinajstić information content (AvgIpc) is 2.64. The number of benzene rings is 1. The normalized spacial score (nSPS) is 15.6. The first kappa shape index (κ1) is 9.98. The van der Waals surface area contributed by atoms with Gasteiger partial charge in [-0.3, -0.25) is 4.90 Å². The standard InChI is InChI=1S/C11H14N2O2/c1-8-2-3-10(9(6-8)7-12)13-4-5-15-11(13)14/h2-3,6H,4-5,7,12H2,1H3. The summed E-state index contributed by atoms with van der Waals surface area (Å²) >= 11 is 0. The Kier molecular flexibility index (Phi) is 2.60. The molecule has 1 fully saturated rings. The van der Waals surface area contributed by atoms with E-state index in [1.165, 1.54) is 0 Å². The first-order chi connectivity index (χ1) is 7.22. The molecule has 2 rings (SSSR count). The lowest BCUT2D eigenvalue weighted by molar-refractivity contribution is 0.181. The molecule has 1 heterocycles. The summed E-state index contributed by atoms with van der Waals surface area (Å²) in [4.78, 5) is 13.0. The van der Waals surface area contributed by atoms with Gasteiger partial charge in [0.1, 0.15) is 6.61 Å². The highest BCUT2D eigenvalue weighted by molar-refractivity contribution is 5.90. The Morgan fingerprint density at radius 2 is 2.33 bits per heavy atom. The SMILES string of the molecule is Cc1ccc(N2CCOC2=O)c(CN)c1. The van der Waals surface area contributed by atoms with Gasteiger partial charge in [0.2, 0.25) is 0 Å². The Morgan fingerprint density at radius 1 is 1.53 bits per heavy atom. The summed E-state index contributed by atoms with van der Waals surface area (Å²) in [5, 5.41) is 0. The van der Waals surface area contributed by atoms with E-state index < -0.39 is 0 Å². The Labute approximate surface area is 88.6 Å². The van der Waals surface area contributed by atoms with E-state index in [9.17, 15) is 4.79 Å². The summed E-state index contributed by atoms with van der Waals surface area (Å²) in [5.41, 5.74) is 8.65. The molecule has 4 nitrogen and oxygen atoms in total. The van der Waals surface area contributed by atoms with Gasteiger partial charge in [-0.15, -0.1) is 0 Å². The van der Waals surface area contributed by atoms with Crippen molar-refractivity contribution >= 4 is 11.8 Å². The van der Waals surface area contributed by atoms with Gasteiger partial charge in [-0.2, -0.15) is 0 Å². The lowest BCUT2D eigenvalue weighted by atomic mass is 10.1. The van der Waals surface area contributed by atoms with Gasteiger partial charge < -0.3 is 10.5 Å². The Hall–Kier alpha value is -1.55. The van der Waals surface area contributed by atoms with E-state index in [2.05, 4.69) is 0 Å². The van der Waals surface area contributed by atoms with E-state index in [-0.39, 0.29) is 6.09 Å². The van der Waals surface area contributed by atoms with Crippen molar-refractivity contribution in [2.75, 3.05) is 18.1 Å². The third-order valence-electron chi connectivity index (χ3n) is 2.51. The topological polar surface area (TPSA) is 55.6 Å². The van der Waals surface area contributed by atoms with E-state index in [1.807, 2.05) is 25.1 Å². The molecular weight excluding hydrogens is 192 g/mol. The molecule has 0 radical (unpaired) electrons. The largest absolute Gasteiger partial charge is 0.447 e. The summed E-state index contributed by atoms with van der Waals surface area (Å²) in [6.45, 7) is 3.50. The maximum Gasteiger partial charge on any atom is 0.414 e. The number of carbonyl (C=O) groups is 1. The monoisotopic (exact) mass is 206 g/mol. The quantitative estimate of drug-likeness (QED) is 0.796. The zero-order valence-corrected chi connectivity index (χ0v) is 8.69. The number of rotatable bonds is 2. The number of carbonyl (C=O) groups excluding carboxylic acids is 1. The Morgan fingerprint density at radius 3 is 2.93 bits per heavy atom. The van der Waals surface area contributed by atoms with Gasteiger partial charge in [0.25, 0.3) is 0 Å². The molecule has 0 saturated carbocycles. The van der Waals surface area contributed by atoms with E-state index in [1.54, 1.807) is 4.90 Å². The number of cyclic esters (lactones) is 1. The van der Waals surface area contributed by atoms with Crippen LogP contribution in [0, 0.1) is 6.92 Å². The number of aryl methyl sites for hydroxylation is 1. The smallest absolute Gasteiger partial charge is 0.414 e. The molecule has 1 aliphatic heterocycles. The third-order valence-corrected chi connectivity index (χ3v) is 2.51. The fraction of sp³-hybridized carbons (Fsp3) is 0.364. The molecule has 80 valence electrons. The molecule has 1 aliphatic rings. The summed E-state index contributed by atoms with van der Waals surface area (Å²) in [7, 11) is 0. The van der Waals surface area contributed by atoms with Crippen LogP contribution in [-0.2, 0) is 11.3 Å². The number of nitrogens with zero attached hydrogens (tertiary/aromatic N) is 1. The second-order valence-electron chi connectivity index (χ2n) is 3.60. The molecule has 1 aromatic rings. The average molecular weight is 206 g/mol. The molecule has 4 heteroatoms. The highest BCUT2D eigenvalue weighted by atomic mass is 16.6. The van der Waals surface area contributed by atoms with Gasteiger partial charge in [0.05, 0.1) is 12.2 Å². The maximum atomic E-state index is 11.4. The molecule has 1 aromatic carbocycles. The van der Waals surface area contributed by atoms with Crippen molar-refractivity contribution in [1.29, 1.82) is 0 Å². The molecular formula is C11H14N2O2. The first-order valence-electron chi connectivity index (χ1n) is 4.96. The number of anilines is 1. The van der Waals surface area contributed by atoms with Gasteiger partial charge in [-0.25, -0.2) is 4.79 Å². The van der Waals surface area contributed by atoms with Gasteiger partial charge in [-0.1, -0.05) is 17.7 Å². The van der Waals surface area contributed by atoms with Crippen molar-refractivity contribution in [2.45, 2.75) is 13.5 Å². The van der Waals surface area contributed by atoms with Crippen molar-refractivity contribution in [1.82, 2.24) is 0 Å². The highest BCUT2D eigenvalue weighted by Gasteiger charge is 2.25. The molecule has 1 amide bonds. The predicted molar refractivity (Wildman–Crippen MR) is 57.8 cm³/mol. The molecule has 0 atom stereocenters. The summed E-state index contributed by atoms with van der Waals surface area (Å²) < 4.78 is 4.90. The van der Waals surface area contributed by atoms with Crippen LogP contribution in [0.15, 0.2) is 18.2 Å². The van der Waals surface area contributed by atoms with Crippen LogP contribution < -0.4 is 10.6 Å². The van der Waals surface area contributed by atoms with Crippen LogP contribution in [0.3, 0.4) is 0 Å². The van der Waals surface area contributed by atoms with Crippen molar-refractivity contribution in [3.8, 4) is 0 Å². The van der Waals surface area contributed by atoms with E-state index in [4.69, 9.17) is 10.5 Å². The van der Waals surface area contributed by atoms with Crippen molar-refractivity contribution in [3.05, 3.63) is 29.3 Å². The zero-order chi connectivity index (χ0) is 10.8. The molecule has 2 N–H and O–H groups in total. The second-order valence-corrected chi connectivity index (χ2v) is 3.60. The minimum atomic E-state index is -0.284. The van der Waals surface area contributed by atoms with Crippen LogP contribution in [0.1, 0.15) is 11.1 Å². The fourth-order valence-electron chi connectivity index (χ4n) is 1.75. The van der Waals surface area contributed by atoms with Crippen LogP contribution in [-0.4, -0.2) is 19.2 Å². The van der Waals surface area contributed by atoms with Crippen LogP contribution >= 0.6 is 0 Å². The predicted octanol–water partition coefficient (Wildman–Crippen LogP) is 1.41. The minimum absolute atomic E-state index is 0.284. The lowest BCUT2D eigenvalue weighted by Crippen LogP contribution is -2.25. The van der Waals surface area contributed by atoms with Gasteiger partial charge in [0.15, 0.2) is 0 Å². The maximum absolute atomic E-state index is 11.4. The number of amides is 1.